The Morgan fingerprint density at radius 2 is 1.80 bits per heavy atom. The van der Waals surface area contributed by atoms with Crippen molar-refractivity contribution in [1.29, 1.82) is 0 Å². The molecule has 208 valence electrons. The number of amides is 2. The summed E-state index contributed by atoms with van der Waals surface area (Å²) in [5, 5.41) is 2.77. The Labute approximate surface area is 242 Å². The quantitative estimate of drug-likeness (QED) is 0.278. The first-order chi connectivity index (χ1) is 20.0. The molecule has 2 aromatic carbocycles. The largest absolute Gasteiger partial charge is 0.357 e. The van der Waals surface area contributed by atoms with Gasteiger partial charge in [0.15, 0.2) is 0 Å². The van der Waals surface area contributed by atoms with Gasteiger partial charge in [-0.1, -0.05) is 30.3 Å². The third-order valence-electron chi connectivity index (χ3n) is 8.33. The third-order valence-corrected chi connectivity index (χ3v) is 9.54. The second-order valence-electron chi connectivity index (χ2n) is 11.2. The fraction of sp³-hybridized carbons (Fsp3) is 0.303. The van der Waals surface area contributed by atoms with Crippen LogP contribution in [0.2, 0.25) is 0 Å². The summed E-state index contributed by atoms with van der Waals surface area (Å²) in [6, 6.07) is 18.8. The van der Waals surface area contributed by atoms with E-state index in [1.165, 1.54) is 23.0 Å². The molecule has 2 amide bonds. The molecule has 7 rings (SSSR count). The number of thiophene rings is 1. The lowest BCUT2D eigenvalue weighted by Crippen LogP contribution is -2.33. The van der Waals surface area contributed by atoms with Crippen LogP contribution in [0.3, 0.4) is 0 Å². The molecule has 1 saturated heterocycles. The van der Waals surface area contributed by atoms with Gasteiger partial charge in [-0.2, -0.15) is 0 Å². The van der Waals surface area contributed by atoms with Gasteiger partial charge in [-0.25, -0.2) is 9.37 Å². The average molecular weight is 567 g/mol. The van der Waals surface area contributed by atoms with Crippen LogP contribution >= 0.6 is 11.3 Å². The summed E-state index contributed by atoms with van der Waals surface area (Å²) in [4.78, 5) is 37.7. The molecule has 4 heterocycles. The van der Waals surface area contributed by atoms with Gasteiger partial charge < -0.3 is 15.1 Å². The predicted octanol–water partition coefficient (Wildman–Crippen LogP) is 7.19. The highest BCUT2D eigenvalue weighted by Gasteiger charge is 2.31. The van der Waals surface area contributed by atoms with E-state index in [4.69, 9.17) is 4.98 Å². The fourth-order valence-corrected chi connectivity index (χ4v) is 7.06. The Bertz CT molecular complexity index is 1650. The molecule has 1 aliphatic carbocycles. The van der Waals surface area contributed by atoms with Gasteiger partial charge in [0.2, 0.25) is 0 Å². The minimum absolute atomic E-state index is 0.108. The first-order valence-electron chi connectivity index (χ1n) is 14.3. The summed E-state index contributed by atoms with van der Waals surface area (Å²) < 4.78 is 14.4. The summed E-state index contributed by atoms with van der Waals surface area (Å²) in [5.74, 6) is 0.498. The van der Waals surface area contributed by atoms with E-state index in [1.807, 2.05) is 23.1 Å². The second kappa shape index (κ2) is 10.4. The number of halogens is 1. The molecule has 8 heteroatoms. The van der Waals surface area contributed by atoms with E-state index in [1.54, 1.807) is 25.1 Å². The Hall–Kier alpha value is -4.04. The summed E-state index contributed by atoms with van der Waals surface area (Å²) in [7, 11) is 0. The van der Waals surface area contributed by atoms with Crippen LogP contribution in [0.25, 0.3) is 10.4 Å². The lowest BCUT2D eigenvalue weighted by molar-refractivity contribution is 0.0981. The van der Waals surface area contributed by atoms with Crippen LogP contribution in [0.1, 0.15) is 68.5 Å². The van der Waals surface area contributed by atoms with E-state index >= 15 is 0 Å². The number of carbonyl (C=O) groups excluding carboxylic acids is 2. The number of rotatable bonds is 5. The first-order valence-corrected chi connectivity index (χ1v) is 15.2. The number of para-hydroxylation sites is 1. The molecule has 0 radical (unpaired) electrons. The second-order valence-corrected chi connectivity index (χ2v) is 12.2. The zero-order chi connectivity index (χ0) is 28.1. The first kappa shape index (κ1) is 25.9. The molecular formula is C33H31FN4O2S. The summed E-state index contributed by atoms with van der Waals surface area (Å²) in [6.45, 7) is 4.19. The predicted molar refractivity (Wildman–Crippen MR) is 162 cm³/mol. The molecule has 3 aliphatic rings. The third kappa shape index (κ3) is 4.90. The Balaban J connectivity index is 1.24. The zero-order valence-corrected chi connectivity index (χ0v) is 23.8. The molecule has 0 bridgehead atoms. The van der Waals surface area contributed by atoms with Crippen molar-refractivity contribution < 1.29 is 14.0 Å². The van der Waals surface area contributed by atoms with Crippen LogP contribution in [-0.4, -0.2) is 36.4 Å². The monoisotopic (exact) mass is 566 g/mol. The number of aromatic nitrogens is 1. The number of pyridine rings is 1. The zero-order valence-electron chi connectivity index (χ0n) is 23.0. The van der Waals surface area contributed by atoms with Crippen molar-refractivity contribution in [3.63, 3.8) is 0 Å². The van der Waals surface area contributed by atoms with Crippen LogP contribution in [0.4, 0.5) is 21.6 Å². The van der Waals surface area contributed by atoms with E-state index in [2.05, 4.69) is 28.4 Å². The van der Waals surface area contributed by atoms with Crippen LogP contribution in [0.15, 0.2) is 60.7 Å². The SMILES string of the molecule is Cc1cccc(F)c1NC(=O)c1cc2c(s1)-c1ccc(C3CC3)cc1N(C(=O)c1cccc(N3CCCC3)n1)CC2. The van der Waals surface area contributed by atoms with E-state index in [-0.39, 0.29) is 17.5 Å². The molecule has 0 atom stereocenters. The van der Waals surface area contributed by atoms with Gasteiger partial charge in [0.05, 0.1) is 16.3 Å². The number of nitrogens with zero attached hydrogens (tertiary/aromatic N) is 3. The van der Waals surface area contributed by atoms with Crippen LogP contribution in [0.5, 0.6) is 0 Å². The smallest absolute Gasteiger partial charge is 0.276 e. The fourth-order valence-electron chi connectivity index (χ4n) is 5.92. The topological polar surface area (TPSA) is 65.5 Å². The minimum Gasteiger partial charge on any atom is -0.357 e. The summed E-state index contributed by atoms with van der Waals surface area (Å²) >= 11 is 1.39. The molecule has 6 nitrogen and oxygen atoms in total. The maximum Gasteiger partial charge on any atom is 0.276 e. The average Bonchev–Trinajstić information content (AvgIpc) is 3.56. The molecule has 0 spiro atoms. The standard InChI is InChI=1S/C33H31FN4O2S/c1-20-6-4-7-25(34)30(20)36-32(39)28-19-23-14-17-38(27-18-22(21-10-11-21)12-13-24(27)31(23)41-28)33(40)26-8-5-9-29(35-26)37-15-2-3-16-37/h4-9,12-13,18-19,21H,2-3,10-11,14-17H2,1H3,(H,36,39). The number of hydrogen-bond donors (Lipinski definition) is 1. The number of hydrogen-bond acceptors (Lipinski definition) is 5. The number of benzene rings is 2. The van der Waals surface area contributed by atoms with Crippen molar-refractivity contribution in [3.05, 3.63) is 93.7 Å². The summed E-state index contributed by atoms with van der Waals surface area (Å²) in [5.41, 5.74) is 5.39. The Morgan fingerprint density at radius 1 is 1.00 bits per heavy atom. The van der Waals surface area contributed by atoms with Gasteiger partial charge in [0.1, 0.15) is 17.3 Å². The number of nitrogens with one attached hydrogen (secondary N) is 1. The van der Waals surface area contributed by atoms with Crippen LogP contribution in [-0.2, 0) is 6.42 Å². The van der Waals surface area contributed by atoms with Crippen molar-refractivity contribution in [3.8, 4) is 10.4 Å². The van der Waals surface area contributed by atoms with Gasteiger partial charge in [-0.15, -0.1) is 11.3 Å². The van der Waals surface area contributed by atoms with E-state index < -0.39 is 5.82 Å². The molecule has 0 unspecified atom stereocenters. The number of fused-ring (bicyclic) bond motifs is 3. The number of anilines is 3. The van der Waals surface area contributed by atoms with Gasteiger partial charge in [0, 0.05) is 30.1 Å². The number of aryl methyl sites for hydroxylation is 1. The van der Waals surface area contributed by atoms with Crippen molar-refractivity contribution in [1.82, 2.24) is 4.98 Å². The van der Waals surface area contributed by atoms with E-state index in [0.717, 1.165) is 66.3 Å². The number of carbonyl (C=O) groups is 2. The van der Waals surface area contributed by atoms with Gasteiger partial charge in [-0.05, 0) is 92.0 Å². The van der Waals surface area contributed by atoms with Crippen molar-refractivity contribution in [2.24, 2.45) is 0 Å². The molecule has 2 aromatic heterocycles. The molecule has 2 fully saturated rings. The van der Waals surface area contributed by atoms with Gasteiger partial charge in [-0.3, -0.25) is 9.59 Å². The van der Waals surface area contributed by atoms with Crippen molar-refractivity contribution >= 4 is 40.3 Å². The van der Waals surface area contributed by atoms with E-state index in [9.17, 15) is 14.0 Å². The normalized spacial score (nSPS) is 16.2. The van der Waals surface area contributed by atoms with Crippen LogP contribution in [0, 0.1) is 12.7 Å². The molecule has 1 N–H and O–H groups in total. The van der Waals surface area contributed by atoms with Crippen molar-refractivity contribution in [2.75, 3.05) is 34.8 Å². The lowest BCUT2D eigenvalue weighted by atomic mass is 10.0. The highest BCUT2D eigenvalue weighted by molar-refractivity contribution is 7.17. The maximum absolute atomic E-state index is 14.4. The summed E-state index contributed by atoms with van der Waals surface area (Å²) in [6.07, 6.45) is 5.21. The van der Waals surface area contributed by atoms with Gasteiger partial charge in [0.25, 0.3) is 11.8 Å². The van der Waals surface area contributed by atoms with Gasteiger partial charge >= 0.3 is 0 Å². The van der Waals surface area contributed by atoms with Crippen LogP contribution < -0.4 is 15.1 Å². The molecule has 2 aliphatic heterocycles. The molecule has 41 heavy (non-hydrogen) atoms. The Kier molecular flexibility index (Phi) is 6.58. The highest BCUT2D eigenvalue weighted by atomic mass is 32.1. The minimum atomic E-state index is -0.453. The molecule has 4 aromatic rings. The maximum atomic E-state index is 14.4. The lowest BCUT2D eigenvalue weighted by Gasteiger charge is -2.24. The molecular weight excluding hydrogens is 535 g/mol. The molecule has 1 saturated carbocycles. The Morgan fingerprint density at radius 3 is 2.59 bits per heavy atom. The highest BCUT2D eigenvalue weighted by Crippen LogP contribution is 2.47. The van der Waals surface area contributed by atoms with E-state index in [0.29, 0.717) is 35.0 Å². The van der Waals surface area contributed by atoms with Crippen molar-refractivity contribution in [2.45, 2.75) is 44.9 Å².